The van der Waals surface area contributed by atoms with Crippen molar-refractivity contribution in [3.63, 3.8) is 0 Å². The molecule has 0 spiro atoms. The molecular weight excluding hydrogens is 324 g/mol. The summed E-state index contributed by atoms with van der Waals surface area (Å²) in [4.78, 5) is 16.4. The molecule has 0 aliphatic heterocycles. The van der Waals surface area contributed by atoms with Crippen LogP contribution in [0.25, 0.3) is 5.57 Å². The van der Waals surface area contributed by atoms with Gasteiger partial charge in [0.2, 0.25) is 0 Å². The SMILES string of the molecule is CCN(CC)C(=O)c1ccc(C(=CCN(C)C)c2cccc(O)c2)cc1. The van der Waals surface area contributed by atoms with Crippen molar-refractivity contribution in [2.24, 2.45) is 0 Å². The van der Waals surface area contributed by atoms with Crippen LogP contribution < -0.4 is 0 Å². The molecule has 138 valence electrons. The first-order valence-electron chi connectivity index (χ1n) is 9.00. The van der Waals surface area contributed by atoms with Crippen LogP contribution in [-0.2, 0) is 0 Å². The minimum absolute atomic E-state index is 0.0535. The first-order valence-corrected chi connectivity index (χ1v) is 9.00. The van der Waals surface area contributed by atoms with Gasteiger partial charge in [0.25, 0.3) is 5.91 Å². The molecule has 0 fully saturated rings. The molecule has 4 heteroatoms. The molecule has 0 saturated heterocycles. The quantitative estimate of drug-likeness (QED) is 0.823. The third kappa shape index (κ3) is 4.96. The lowest BCUT2D eigenvalue weighted by Crippen LogP contribution is -2.30. The number of hydrogen-bond acceptors (Lipinski definition) is 3. The average Bonchev–Trinajstić information content (AvgIpc) is 2.63. The van der Waals surface area contributed by atoms with E-state index in [0.29, 0.717) is 18.7 Å². The Bertz CT molecular complexity index is 760. The first-order chi connectivity index (χ1) is 12.5. The van der Waals surface area contributed by atoms with Crippen LogP contribution in [0.3, 0.4) is 0 Å². The summed E-state index contributed by atoms with van der Waals surface area (Å²) < 4.78 is 0. The Kier molecular flexibility index (Phi) is 6.98. The molecule has 26 heavy (non-hydrogen) atoms. The largest absolute Gasteiger partial charge is 0.508 e. The van der Waals surface area contributed by atoms with Gasteiger partial charge in [-0.25, -0.2) is 0 Å². The van der Waals surface area contributed by atoms with Crippen LogP contribution in [0.1, 0.15) is 35.3 Å². The van der Waals surface area contributed by atoms with Crippen molar-refractivity contribution in [3.8, 4) is 5.75 Å². The van der Waals surface area contributed by atoms with Gasteiger partial charge >= 0.3 is 0 Å². The van der Waals surface area contributed by atoms with Gasteiger partial charge in [-0.2, -0.15) is 0 Å². The summed E-state index contributed by atoms with van der Waals surface area (Å²) in [6, 6.07) is 15.0. The van der Waals surface area contributed by atoms with Gasteiger partial charge in [0, 0.05) is 25.2 Å². The zero-order valence-electron chi connectivity index (χ0n) is 16.1. The van der Waals surface area contributed by atoms with Crippen molar-refractivity contribution in [2.75, 3.05) is 33.7 Å². The number of amides is 1. The second-order valence-electron chi connectivity index (χ2n) is 6.49. The molecule has 0 radical (unpaired) electrons. The molecule has 0 aliphatic carbocycles. The molecule has 2 aromatic carbocycles. The molecule has 4 nitrogen and oxygen atoms in total. The zero-order valence-corrected chi connectivity index (χ0v) is 16.1. The standard InChI is InChI=1S/C22H28N2O2/c1-5-24(6-2)22(26)18-12-10-17(11-13-18)21(14-15-23(3)4)19-8-7-9-20(25)16-19/h7-14,16,25H,5-6,15H2,1-4H3. The minimum Gasteiger partial charge on any atom is -0.508 e. The summed E-state index contributed by atoms with van der Waals surface area (Å²) in [6.45, 7) is 6.16. The predicted molar refractivity (Wildman–Crippen MR) is 107 cm³/mol. The Morgan fingerprint density at radius 1 is 0.962 bits per heavy atom. The monoisotopic (exact) mass is 352 g/mol. The van der Waals surface area contributed by atoms with E-state index in [4.69, 9.17) is 0 Å². The Balaban J connectivity index is 2.37. The molecule has 0 atom stereocenters. The highest BCUT2D eigenvalue weighted by molar-refractivity contribution is 5.94. The van der Waals surface area contributed by atoms with Gasteiger partial charge in [-0.1, -0.05) is 30.3 Å². The van der Waals surface area contributed by atoms with Crippen molar-refractivity contribution in [1.29, 1.82) is 0 Å². The number of rotatable bonds is 7. The van der Waals surface area contributed by atoms with Crippen molar-refractivity contribution in [2.45, 2.75) is 13.8 Å². The van der Waals surface area contributed by atoms with Crippen molar-refractivity contribution in [3.05, 3.63) is 71.3 Å². The van der Waals surface area contributed by atoms with Gasteiger partial charge in [-0.3, -0.25) is 4.79 Å². The van der Waals surface area contributed by atoms with E-state index in [1.807, 2.05) is 69.2 Å². The summed E-state index contributed by atoms with van der Waals surface area (Å²) >= 11 is 0. The number of carbonyl (C=O) groups excluding carboxylic acids is 1. The summed E-state index contributed by atoms with van der Waals surface area (Å²) in [6.07, 6.45) is 2.13. The van der Waals surface area contributed by atoms with Gasteiger partial charge in [0.1, 0.15) is 5.75 Å². The first kappa shape index (κ1) is 19.7. The topological polar surface area (TPSA) is 43.8 Å². The summed E-state index contributed by atoms with van der Waals surface area (Å²) in [5, 5.41) is 9.83. The number of likely N-dealkylation sites (N-methyl/N-ethyl adjacent to an activating group) is 1. The summed E-state index contributed by atoms with van der Waals surface area (Å²) in [5.41, 5.74) is 3.71. The van der Waals surface area contributed by atoms with Gasteiger partial charge in [-0.15, -0.1) is 0 Å². The molecule has 0 heterocycles. The van der Waals surface area contributed by atoms with E-state index >= 15 is 0 Å². The minimum atomic E-state index is 0.0535. The van der Waals surface area contributed by atoms with Crippen LogP contribution in [0.5, 0.6) is 5.75 Å². The van der Waals surface area contributed by atoms with Gasteiger partial charge in [0.15, 0.2) is 0 Å². The van der Waals surface area contributed by atoms with Crippen molar-refractivity contribution >= 4 is 11.5 Å². The summed E-state index contributed by atoms with van der Waals surface area (Å²) in [7, 11) is 4.03. The molecule has 2 aromatic rings. The molecule has 2 rings (SSSR count). The van der Waals surface area contributed by atoms with E-state index in [0.717, 1.165) is 23.2 Å². The van der Waals surface area contributed by atoms with E-state index in [1.54, 1.807) is 12.1 Å². The Morgan fingerprint density at radius 3 is 2.12 bits per heavy atom. The number of phenolic OH excluding ortho intramolecular Hbond substituents is 1. The highest BCUT2D eigenvalue weighted by Gasteiger charge is 2.13. The molecule has 0 unspecified atom stereocenters. The second-order valence-corrected chi connectivity index (χ2v) is 6.49. The average molecular weight is 352 g/mol. The van der Waals surface area contributed by atoms with Gasteiger partial charge < -0.3 is 14.9 Å². The lowest BCUT2D eigenvalue weighted by Gasteiger charge is -2.19. The highest BCUT2D eigenvalue weighted by atomic mass is 16.3. The van der Waals surface area contributed by atoms with Crippen LogP contribution in [0.2, 0.25) is 0 Å². The van der Waals surface area contributed by atoms with Crippen LogP contribution in [0, 0.1) is 0 Å². The Labute approximate surface area is 156 Å². The Hall–Kier alpha value is -2.59. The predicted octanol–water partition coefficient (Wildman–Crippen LogP) is 3.87. The number of carbonyl (C=O) groups is 1. The maximum atomic E-state index is 12.5. The molecule has 0 saturated carbocycles. The van der Waals surface area contributed by atoms with Gasteiger partial charge in [0.05, 0.1) is 0 Å². The van der Waals surface area contributed by atoms with E-state index in [2.05, 4.69) is 11.0 Å². The fourth-order valence-electron chi connectivity index (χ4n) is 2.84. The number of hydrogen-bond donors (Lipinski definition) is 1. The zero-order chi connectivity index (χ0) is 19.1. The lowest BCUT2D eigenvalue weighted by atomic mass is 9.96. The number of aromatic hydroxyl groups is 1. The molecule has 1 N–H and O–H groups in total. The molecule has 0 bridgehead atoms. The maximum Gasteiger partial charge on any atom is 0.253 e. The number of benzene rings is 2. The van der Waals surface area contributed by atoms with Crippen LogP contribution in [0.15, 0.2) is 54.6 Å². The van der Waals surface area contributed by atoms with E-state index in [-0.39, 0.29) is 11.7 Å². The normalized spacial score (nSPS) is 11.7. The number of nitrogens with zero attached hydrogens (tertiary/aromatic N) is 2. The molecule has 0 aromatic heterocycles. The number of phenols is 1. The van der Waals surface area contributed by atoms with Crippen molar-refractivity contribution < 1.29 is 9.90 Å². The van der Waals surface area contributed by atoms with Crippen molar-refractivity contribution in [1.82, 2.24) is 9.80 Å². The fraction of sp³-hybridized carbons (Fsp3) is 0.318. The van der Waals surface area contributed by atoms with Crippen LogP contribution in [-0.4, -0.2) is 54.5 Å². The molecule has 1 amide bonds. The fourth-order valence-corrected chi connectivity index (χ4v) is 2.84. The Morgan fingerprint density at radius 2 is 1.58 bits per heavy atom. The van der Waals surface area contributed by atoms with Gasteiger partial charge in [-0.05, 0) is 68.9 Å². The lowest BCUT2D eigenvalue weighted by molar-refractivity contribution is 0.0773. The van der Waals surface area contributed by atoms with Crippen LogP contribution >= 0.6 is 0 Å². The smallest absolute Gasteiger partial charge is 0.253 e. The van der Waals surface area contributed by atoms with E-state index < -0.39 is 0 Å². The molecule has 0 aliphatic rings. The summed E-state index contributed by atoms with van der Waals surface area (Å²) in [5.74, 6) is 0.296. The molecular formula is C22H28N2O2. The highest BCUT2D eigenvalue weighted by Crippen LogP contribution is 2.26. The van der Waals surface area contributed by atoms with Crippen LogP contribution in [0.4, 0.5) is 0 Å². The van der Waals surface area contributed by atoms with E-state index in [9.17, 15) is 9.90 Å². The third-order valence-electron chi connectivity index (χ3n) is 4.31. The van der Waals surface area contributed by atoms with E-state index in [1.165, 1.54) is 0 Å². The second kappa shape index (κ2) is 9.20. The maximum absolute atomic E-state index is 12.5. The third-order valence-corrected chi connectivity index (χ3v) is 4.31.